The Hall–Kier alpha value is -2.44. The maximum Gasteiger partial charge on any atom is 0.307 e. The van der Waals surface area contributed by atoms with E-state index in [9.17, 15) is 18.8 Å². The van der Waals surface area contributed by atoms with Crippen molar-refractivity contribution in [3.05, 3.63) is 29.6 Å². The van der Waals surface area contributed by atoms with Gasteiger partial charge in [0.05, 0.1) is 6.42 Å². The third-order valence-electron chi connectivity index (χ3n) is 4.63. The van der Waals surface area contributed by atoms with E-state index in [1.165, 1.54) is 18.6 Å². The third-order valence-corrected chi connectivity index (χ3v) is 4.63. The molecule has 0 aliphatic heterocycles. The number of benzene rings is 1. The summed E-state index contributed by atoms with van der Waals surface area (Å²) in [5, 5.41) is 13.9. The van der Waals surface area contributed by atoms with Crippen LogP contribution in [0.2, 0.25) is 0 Å². The van der Waals surface area contributed by atoms with Gasteiger partial charge in [-0.3, -0.25) is 14.4 Å². The monoisotopic (exact) mass is 364 g/mol. The summed E-state index contributed by atoms with van der Waals surface area (Å²) in [6, 6.07) is 3.10. The van der Waals surface area contributed by atoms with Crippen LogP contribution < -0.4 is 10.6 Å². The number of anilines is 1. The van der Waals surface area contributed by atoms with Crippen molar-refractivity contribution in [1.29, 1.82) is 0 Å². The predicted octanol–water partition coefficient (Wildman–Crippen LogP) is 2.87. The van der Waals surface area contributed by atoms with Crippen LogP contribution in [0.5, 0.6) is 0 Å². The number of halogens is 1. The van der Waals surface area contributed by atoms with E-state index in [4.69, 9.17) is 5.11 Å². The Balaban J connectivity index is 1.85. The highest BCUT2D eigenvalue weighted by atomic mass is 19.1. The second-order valence-electron chi connectivity index (χ2n) is 6.86. The smallest absolute Gasteiger partial charge is 0.307 e. The molecule has 0 bridgehead atoms. The highest BCUT2D eigenvalue weighted by Crippen LogP contribution is 2.26. The first-order valence-corrected chi connectivity index (χ1v) is 8.95. The predicted molar refractivity (Wildman–Crippen MR) is 95.2 cm³/mol. The summed E-state index contributed by atoms with van der Waals surface area (Å²) in [6.45, 7) is 1.57. The molecular weight excluding hydrogens is 339 g/mol. The lowest BCUT2D eigenvalue weighted by Gasteiger charge is -2.22. The number of carbonyl (C=O) groups is 3. The van der Waals surface area contributed by atoms with Gasteiger partial charge in [-0.25, -0.2) is 4.39 Å². The van der Waals surface area contributed by atoms with E-state index in [2.05, 4.69) is 10.6 Å². The molecule has 1 fully saturated rings. The maximum atomic E-state index is 13.8. The molecule has 1 unspecified atom stereocenters. The largest absolute Gasteiger partial charge is 0.481 e. The van der Waals surface area contributed by atoms with E-state index >= 15 is 0 Å². The van der Waals surface area contributed by atoms with Gasteiger partial charge in [0.1, 0.15) is 11.9 Å². The second-order valence-corrected chi connectivity index (χ2v) is 6.86. The van der Waals surface area contributed by atoms with E-state index in [0.717, 1.165) is 31.7 Å². The van der Waals surface area contributed by atoms with Gasteiger partial charge in [-0.2, -0.15) is 0 Å². The van der Waals surface area contributed by atoms with Crippen molar-refractivity contribution < 1.29 is 23.9 Å². The van der Waals surface area contributed by atoms with Crippen LogP contribution in [0, 0.1) is 11.7 Å². The fraction of sp³-hybridized carbons (Fsp3) is 0.526. The van der Waals surface area contributed by atoms with E-state index in [0.29, 0.717) is 12.3 Å². The number of rotatable bonds is 7. The van der Waals surface area contributed by atoms with Gasteiger partial charge in [0.25, 0.3) is 0 Å². The minimum atomic E-state index is -1.13. The van der Waals surface area contributed by atoms with Crippen LogP contribution in [0.3, 0.4) is 0 Å². The molecule has 1 saturated carbocycles. The number of hydrogen-bond acceptors (Lipinski definition) is 3. The van der Waals surface area contributed by atoms with Gasteiger partial charge in [0.2, 0.25) is 11.8 Å². The van der Waals surface area contributed by atoms with E-state index in [1.807, 2.05) is 0 Å². The molecule has 0 radical (unpaired) electrons. The van der Waals surface area contributed by atoms with E-state index in [-0.39, 0.29) is 17.2 Å². The SMILES string of the molecule is CC(NC(=O)CC1CCCCC1)C(=O)Nc1ccc(CC(=O)O)c(F)c1. The average Bonchev–Trinajstić information content (AvgIpc) is 2.57. The average molecular weight is 364 g/mol. The van der Waals surface area contributed by atoms with Crippen LogP contribution in [0.15, 0.2) is 18.2 Å². The van der Waals surface area contributed by atoms with Crippen molar-refractivity contribution in [2.45, 2.75) is 57.9 Å². The van der Waals surface area contributed by atoms with Crippen LogP contribution in [0.4, 0.5) is 10.1 Å². The van der Waals surface area contributed by atoms with Crippen molar-refractivity contribution in [3.8, 4) is 0 Å². The van der Waals surface area contributed by atoms with Crippen molar-refractivity contribution >= 4 is 23.5 Å². The molecule has 0 spiro atoms. The number of carbonyl (C=O) groups excluding carboxylic acids is 2. The normalized spacial score (nSPS) is 15.9. The zero-order valence-electron chi connectivity index (χ0n) is 14.9. The van der Waals surface area contributed by atoms with E-state index < -0.39 is 30.2 Å². The lowest BCUT2D eigenvalue weighted by atomic mass is 9.87. The summed E-state index contributed by atoms with van der Waals surface area (Å²) in [5.41, 5.74) is 0.263. The molecule has 6 nitrogen and oxygen atoms in total. The zero-order chi connectivity index (χ0) is 19.1. The molecule has 0 heterocycles. The fourth-order valence-electron chi connectivity index (χ4n) is 3.20. The molecule has 1 aliphatic rings. The zero-order valence-corrected chi connectivity index (χ0v) is 14.9. The molecule has 1 aliphatic carbocycles. The molecule has 1 aromatic rings. The highest BCUT2D eigenvalue weighted by molar-refractivity contribution is 5.96. The van der Waals surface area contributed by atoms with Gasteiger partial charge in [-0.05, 0) is 43.4 Å². The quantitative estimate of drug-likeness (QED) is 0.693. The van der Waals surface area contributed by atoms with Crippen LogP contribution in [0.1, 0.15) is 51.0 Å². The third kappa shape index (κ3) is 6.13. The molecule has 7 heteroatoms. The van der Waals surface area contributed by atoms with Crippen LogP contribution in [0.25, 0.3) is 0 Å². The summed E-state index contributed by atoms with van der Waals surface area (Å²) >= 11 is 0. The van der Waals surface area contributed by atoms with E-state index in [1.54, 1.807) is 6.92 Å². The molecular formula is C19H25FN2O4. The summed E-state index contributed by atoms with van der Waals surface area (Å²) < 4.78 is 13.8. The molecule has 3 N–H and O–H groups in total. The Labute approximate surface area is 152 Å². The standard InChI is InChI=1S/C19H25FN2O4/c1-12(21-17(23)9-13-5-3-2-4-6-13)19(26)22-15-8-7-14(10-18(24)25)16(20)11-15/h7-8,11-13H,2-6,9-10H2,1H3,(H,21,23)(H,22,26)(H,24,25). The summed E-state index contributed by atoms with van der Waals surface area (Å²) in [6.07, 6.45) is 5.63. The molecule has 2 rings (SSSR count). The van der Waals surface area contributed by atoms with Crippen molar-refractivity contribution in [1.82, 2.24) is 5.32 Å². The van der Waals surface area contributed by atoms with Crippen LogP contribution in [-0.4, -0.2) is 28.9 Å². The number of hydrogen-bond donors (Lipinski definition) is 3. The summed E-state index contributed by atoms with van der Waals surface area (Å²) in [5.74, 6) is -2.04. The van der Waals surface area contributed by atoms with Crippen molar-refractivity contribution in [2.75, 3.05) is 5.32 Å². The summed E-state index contributed by atoms with van der Waals surface area (Å²) in [7, 11) is 0. The topological polar surface area (TPSA) is 95.5 Å². The Morgan fingerprint density at radius 3 is 2.54 bits per heavy atom. The Kier molecular flexibility index (Phi) is 7.12. The minimum absolute atomic E-state index is 0.0457. The second kappa shape index (κ2) is 9.31. The molecule has 0 aromatic heterocycles. The first-order chi connectivity index (χ1) is 12.3. The number of amides is 2. The Morgan fingerprint density at radius 1 is 1.23 bits per heavy atom. The van der Waals surface area contributed by atoms with Gasteiger partial charge in [0.15, 0.2) is 0 Å². The van der Waals surface area contributed by atoms with Gasteiger partial charge in [-0.15, -0.1) is 0 Å². The van der Waals surface area contributed by atoms with Gasteiger partial charge in [0, 0.05) is 12.1 Å². The molecule has 2 amide bonds. The molecule has 0 saturated heterocycles. The van der Waals surface area contributed by atoms with Gasteiger partial charge in [-0.1, -0.05) is 25.3 Å². The van der Waals surface area contributed by atoms with Gasteiger partial charge < -0.3 is 15.7 Å². The Bertz CT molecular complexity index is 672. The van der Waals surface area contributed by atoms with Crippen LogP contribution >= 0.6 is 0 Å². The number of nitrogens with one attached hydrogen (secondary N) is 2. The Morgan fingerprint density at radius 2 is 1.92 bits per heavy atom. The maximum absolute atomic E-state index is 13.8. The fourth-order valence-corrected chi connectivity index (χ4v) is 3.20. The van der Waals surface area contributed by atoms with Crippen molar-refractivity contribution in [2.24, 2.45) is 5.92 Å². The molecule has 142 valence electrons. The first kappa shape index (κ1) is 19.9. The highest BCUT2D eigenvalue weighted by Gasteiger charge is 2.21. The first-order valence-electron chi connectivity index (χ1n) is 8.95. The lowest BCUT2D eigenvalue weighted by Crippen LogP contribution is -2.42. The molecule has 26 heavy (non-hydrogen) atoms. The number of aliphatic carboxylic acids is 1. The number of carboxylic acid groups (broad SMARTS) is 1. The lowest BCUT2D eigenvalue weighted by molar-refractivity contribution is -0.136. The van der Waals surface area contributed by atoms with Crippen molar-refractivity contribution in [3.63, 3.8) is 0 Å². The van der Waals surface area contributed by atoms with Gasteiger partial charge >= 0.3 is 5.97 Å². The summed E-state index contributed by atoms with van der Waals surface area (Å²) in [4.78, 5) is 34.9. The minimum Gasteiger partial charge on any atom is -0.481 e. The molecule has 1 aromatic carbocycles. The van der Waals surface area contributed by atoms with Crippen LogP contribution in [-0.2, 0) is 20.8 Å². The number of carboxylic acids is 1. The molecule has 1 atom stereocenters.